The van der Waals surface area contributed by atoms with Crippen molar-refractivity contribution in [2.45, 2.75) is 44.9 Å². The third kappa shape index (κ3) is 3.77. The van der Waals surface area contributed by atoms with Crippen LogP contribution in [0.1, 0.15) is 34.4 Å². The largest absolute Gasteiger partial charge is 0.469 e. The average molecular weight is 428 g/mol. The van der Waals surface area contributed by atoms with Crippen molar-refractivity contribution in [2.24, 2.45) is 0 Å². The maximum atomic E-state index is 13.4. The number of methoxy groups -OCH3 is 1. The molecule has 0 atom stereocenters. The molecule has 30 heavy (non-hydrogen) atoms. The first-order chi connectivity index (χ1) is 14.2. The number of carbonyl (C=O) groups excluding carboxylic acids is 2. The third-order valence-electron chi connectivity index (χ3n) is 5.50. The standard InChI is InChI=1S/C23H25NO5S/c1-15-5-9-19(10-6-15)30(27,28)24-17(3)16(2)23-20(13-14-25)18(7-11-21(23)24)8-12-22(26)29-4/h5-7,9-11,14H,8,12-13H2,1-4H3. The molecule has 7 heteroatoms. The number of hydrogen-bond donors (Lipinski definition) is 0. The normalized spacial score (nSPS) is 11.6. The minimum absolute atomic E-state index is 0.142. The van der Waals surface area contributed by atoms with Gasteiger partial charge in [0.15, 0.2) is 0 Å². The number of esters is 1. The Morgan fingerprint density at radius 3 is 2.33 bits per heavy atom. The van der Waals surface area contributed by atoms with E-state index in [0.717, 1.165) is 33.9 Å². The Bertz CT molecular complexity index is 1220. The first-order valence-electron chi connectivity index (χ1n) is 9.67. The molecule has 6 nitrogen and oxygen atoms in total. The minimum atomic E-state index is -3.81. The second kappa shape index (κ2) is 8.44. The Morgan fingerprint density at radius 1 is 1.07 bits per heavy atom. The molecular formula is C23H25NO5S. The Morgan fingerprint density at radius 2 is 1.73 bits per heavy atom. The zero-order valence-corrected chi connectivity index (χ0v) is 18.4. The summed E-state index contributed by atoms with van der Waals surface area (Å²) in [7, 11) is -2.48. The molecule has 158 valence electrons. The van der Waals surface area contributed by atoms with Gasteiger partial charge in [0.1, 0.15) is 6.29 Å². The van der Waals surface area contributed by atoms with Crippen molar-refractivity contribution in [3.63, 3.8) is 0 Å². The number of ether oxygens (including phenoxy) is 1. The van der Waals surface area contributed by atoms with Gasteiger partial charge in [0.2, 0.25) is 0 Å². The number of benzene rings is 2. The molecule has 3 aromatic rings. The van der Waals surface area contributed by atoms with E-state index >= 15 is 0 Å². The molecule has 2 aromatic carbocycles. The van der Waals surface area contributed by atoms with Crippen LogP contribution in [-0.2, 0) is 37.2 Å². The predicted molar refractivity (Wildman–Crippen MR) is 115 cm³/mol. The number of aromatic nitrogens is 1. The van der Waals surface area contributed by atoms with Gasteiger partial charge in [0, 0.05) is 23.9 Å². The Hall–Kier alpha value is -2.93. The summed E-state index contributed by atoms with van der Waals surface area (Å²) in [5.74, 6) is -0.334. The van der Waals surface area contributed by atoms with Crippen LogP contribution in [0.25, 0.3) is 10.9 Å². The summed E-state index contributed by atoms with van der Waals surface area (Å²) in [6.07, 6.45) is 1.55. The molecule has 0 radical (unpaired) electrons. The van der Waals surface area contributed by atoms with E-state index in [-0.39, 0.29) is 23.7 Å². The molecule has 1 heterocycles. The number of aryl methyl sites for hydroxylation is 3. The lowest BCUT2D eigenvalue weighted by Crippen LogP contribution is -2.14. The Kier molecular flexibility index (Phi) is 6.12. The predicted octanol–water partition coefficient (Wildman–Crippen LogP) is 3.65. The van der Waals surface area contributed by atoms with Crippen LogP contribution >= 0.6 is 0 Å². The second-order valence-electron chi connectivity index (χ2n) is 7.34. The van der Waals surface area contributed by atoms with Gasteiger partial charge >= 0.3 is 5.97 Å². The van der Waals surface area contributed by atoms with Gasteiger partial charge in [-0.3, -0.25) is 4.79 Å². The lowest BCUT2D eigenvalue weighted by atomic mass is 9.95. The number of rotatable bonds is 7. The maximum absolute atomic E-state index is 13.4. The molecule has 0 unspecified atom stereocenters. The van der Waals surface area contributed by atoms with Crippen LogP contribution < -0.4 is 0 Å². The van der Waals surface area contributed by atoms with Crippen LogP contribution in [0.5, 0.6) is 0 Å². The SMILES string of the molecule is COC(=O)CCc1ccc2c(c(C)c(C)n2S(=O)(=O)c2ccc(C)cc2)c1CC=O. The van der Waals surface area contributed by atoms with Gasteiger partial charge in [-0.25, -0.2) is 12.4 Å². The van der Waals surface area contributed by atoms with Gasteiger partial charge in [0.25, 0.3) is 10.0 Å². The van der Waals surface area contributed by atoms with Crippen molar-refractivity contribution >= 4 is 33.2 Å². The van der Waals surface area contributed by atoms with Crippen LogP contribution in [-0.4, -0.2) is 31.8 Å². The second-order valence-corrected chi connectivity index (χ2v) is 9.12. The molecule has 0 aliphatic rings. The molecule has 0 aliphatic heterocycles. The first kappa shape index (κ1) is 21.8. The summed E-state index contributed by atoms with van der Waals surface area (Å²) in [5, 5.41) is 0.748. The molecule has 0 bridgehead atoms. The van der Waals surface area contributed by atoms with E-state index < -0.39 is 10.0 Å². The summed E-state index contributed by atoms with van der Waals surface area (Å²) >= 11 is 0. The summed E-state index contributed by atoms with van der Waals surface area (Å²) in [4.78, 5) is 23.2. The van der Waals surface area contributed by atoms with E-state index in [4.69, 9.17) is 4.74 Å². The Labute approximate surface area is 176 Å². The van der Waals surface area contributed by atoms with Crippen LogP contribution in [0, 0.1) is 20.8 Å². The maximum Gasteiger partial charge on any atom is 0.305 e. The molecule has 3 rings (SSSR count). The highest BCUT2D eigenvalue weighted by Gasteiger charge is 2.25. The lowest BCUT2D eigenvalue weighted by molar-refractivity contribution is -0.140. The fourth-order valence-electron chi connectivity index (χ4n) is 3.80. The van der Waals surface area contributed by atoms with Crippen molar-refractivity contribution in [3.05, 3.63) is 64.3 Å². The number of hydrogen-bond acceptors (Lipinski definition) is 5. The van der Waals surface area contributed by atoms with E-state index in [1.54, 1.807) is 43.3 Å². The fraction of sp³-hybridized carbons (Fsp3) is 0.304. The number of carbonyl (C=O) groups is 2. The Balaban J connectivity index is 2.24. The monoisotopic (exact) mass is 427 g/mol. The fourth-order valence-corrected chi connectivity index (χ4v) is 5.39. The van der Waals surface area contributed by atoms with Gasteiger partial charge in [0.05, 0.1) is 17.5 Å². The summed E-state index contributed by atoms with van der Waals surface area (Å²) in [6, 6.07) is 10.3. The quantitative estimate of drug-likeness (QED) is 0.425. The van der Waals surface area contributed by atoms with Crippen LogP contribution in [0.2, 0.25) is 0 Å². The zero-order valence-electron chi connectivity index (χ0n) is 17.6. The van der Waals surface area contributed by atoms with E-state index in [0.29, 0.717) is 17.6 Å². The molecular weight excluding hydrogens is 402 g/mol. The number of fused-ring (bicyclic) bond motifs is 1. The zero-order chi connectivity index (χ0) is 22.1. The van der Waals surface area contributed by atoms with Gasteiger partial charge in [-0.15, -0.1) is 0 Å². The smallest absolute Gasteiger partial charge is 0.305 e. The van der Waals surface area contributed by atoms with Crippen LogP contribution in [0.4, 0.5) is 0 Å². The van der Waals surface area contributed by atoms with Gasteiger partial charge < -0.3 is 9.53 Å². The molecule has 0 N–H and O–H groups in total. The minimum Gasteiger partial charge on any atom is -0.469 e. The van der Waals surface area contributed by atoms with Crippen molar-refractivity contribution in [1.82, 2.24) is 3.97 Å². The summed E-state index contributed by atoms with van der Waals surface area (Å²) < 4.78 is 32.9. The summed E-state index contributed by atoms with van der Waals surface area (Å²) in [6.45, 7) is 5.52. The summed E-state index contributed by atoms with van der Waals surface area (Å²) in [5.41, 5.74) is 4.50. The molecule has 0 aliphatic carbocycles. The van der Waals surface area contributed by atoms with Gasteiger partial charge in [-0.2, -0.15) is 0 Å². The van der Waals surface area contributed by atoms with E-state index in [2.05, 4.69) is 0 Å². The van der Waals surface area contributed by atoms with Crippen molar-refractivity contribution in [2.75, 3.05) is 7.11 Å². The van der Waals surface area contributed by atoms with Gasteiger partial charge in [-0.05, 0) is 62.1 Å². The highest BCUT2D eigenvalue weighted by atomic mass is 32.2. The molecule has 0 spiro atoms. The van der Waals surface area contributed by atoms with Crippen molar-refractivity contribution in [3.8, 4) is 0 Å². The molecule has 0 saturated heterocycles. The lowest BCUT2D eigenvalue weighted by Gasteiger charge is -2.12. The third-order valence-corrected chi connectivity index (χ3v) is 7.32. The number of nitrogens with zero attached hydrogens (tertiary/aromatic N) is 1. The highest BCUT2D eigenvalue weighted by Crippen LogP contribution is 2.34. The average Bonchev–Trinajstić information content (AvgIpc) is 2.98. The van der Waals surface area contributed by atoms with Crippen LogP contribution in [0.15, 0.2) is 41.3 Å². The topological polar surface area (TPSA) is 82.4 Å². The van der Waals surface area contributed by atoms with Gasteiger partial charge in [-0.1, -0.05) is 23.8 Å². The highest BCUT2D eigenvalue weighted by molar-refractivity contribution is 7.90. The van der Waals surface area contributed by atoms with E-state index in [9.17, 15) is 18.0 Å². The van der Waals surface area contributed by atoms with Crippen molar-refractivity contribution < 1.29 is 22.7 Å². The molecule has 0 saturated carbocycles. The molecule has 0 fully saturated rings. The number of aldehydes is 1. The van der Waals surface area contributed by atoms with E-state index in [1.165, 1.54) is 11.1 Å². The molecule has 1 aromatic heterocycles. The molecule has 0 amide bonds. The van der Waals surface area contributed by atoms with E-state index in [1.807, 2.05) is 13.8 Å². The first-order valence-corrected chi connectivity index (χ1v) is 11.1. The van der Waals surface area contributed by atoms with Crippen LogP contribution in [0.3, 0.4) is 0 Å². The van der Waals surface area contributed by atoms with Crippen molar-refractivity contribution in [1.29, 1.82) is 0 Å².